The van der Waals surface area contributed by atoms with E-state index in [9.17, 15) is 18.0 Å². The van der Waals surface area contributed by atoms with E-state index < -0.39 is 28.5 Å². The molecule has 0 radical (unpaired) electrons. The van der Waals surface area contributed by atoms with Crippen LogP contribution in [0.15, 0.2) is 112 Å². The fourth-order valence-electron chi connectivity index (χ4n) is 5.92. The van der Waals surface area contributed by atoms with E-state index in [0.717, 1.165) is 52.0 Å². The van der Waals surface area contributed by atoms with Crippen LogP contribution in [0.3, 0.4) is 0 Å². The van der Waals surface area contributed by atoms with Crippen LogP contribution in [0.25, 0.3) is 0 Å². The summed E-state index contributed by atoms with van der Waals surface area (Å²) in [6.45, 7) is -0.471. The van der Waals surface area contributed by atoms with Crippen LogP contribution in [-0.2, 0) is 32.6 Å². The van der Waals surface area contributed by atoms with Crippen LogP contribution < -0.4 is 14.4 Å². The molecule has 1 atom stereocenters. The maximum absolute atomic E-state index is 14.7. The van der Waals surface area contributed by atoms with Crippen molar-refractivity contribution in [3.05, 3.63) is 124 Å². The molecule has 1 fully saturated rings. The number of anilines is 1. The molecule has 4 aromatic carbocycles. The molecule has 8 nitrogen and oxygen atoms in total. The average Bonchev–Trinajstić information content (AvgIpc) is 3.10. The zero-order valence-electron chi connectivity index (χ0n) is 26.7. The topological polar surface area (TPSA) is 96.0 Å². The normalized spacial score (nSPS) is 14.1. The quantitative estimate of drug-likeness (QED) is 0.154. The van der Waals surface area contributed by atoms with Crippen LogP contribution in [0.4, 0.5) is 5.69 Å². The number of ether oxygens (including phenoxy) is 1. The Hall–Kier alpha value is -3.86. The van der Waals surface area contributed by atoms with Gasteiger partial charge in [-0.1, -0.05) is 95.3 Å². The second-order valence-electron chi connectivity index (χ2n) is 11.9. The van der Waals surface area contributed by atoms with E-state index in [2.05, 4.69) is 21.2 Å². The van der Waals surface area contributed by atoms with E-state index in [1.54, 1.807) is 30.3 Å². The Kier molecular flexibility index (Phi) is 12.2. The highest BCUT2D eigenvalue weighted by atomic mass is 79.9. The van der Waals surface area contributed by atoms with Gasteiger partial charge >= 0.3 is 0 Å². The zero-order chi connectivity index (χ0) is 34.1. The molecular weight excluding hydrogens is 714 g/mol. The Bertz CT molecular complexity index is 1780. The van der Waals surface area contributed by atoms with Crippen LogP contribution in [0.5, 0.6) is 5.75 Å². The molecule has 2 amide bonds. The second kappa shape index (κ2) is 16.5. The van der Waals surface area contributed by atoms with Crippen LogP contribution in [0.2, 0.25) is 5.02 Å². The molecule has 0 bridgehead atoms. The Morgan fingerprint density at radius 1 is 0.896 bits per heavy atom. The zero-order valence-corrected chi connectivity index (χ0v) is 29.9. The maximum atomic E-state index is 14.7. The summed E-state index contributed by atoms with van der Waals surface area (Å²) in [6, 6.07) is 28.5. The van der Waals surface area contributed by atoms with E-state index in [0.29, 0.717) is 10.8 Å². The molecule has 0 spiro atoms. The number of nitrogens with one attached hydrogen (secondary N) is 1. The van der Waals surface area contributed by atoms with Crippen molar-refractivity contribution in [1.82, 2.24) is 10.2 Å². The average molecular weight is 753 g/mol. The first-order chi connectivity index (χ1) is 23.1. The highest BCUT2D eigenvalue weighted by Gasteiger charge is 2.35. The predicted octanol–water partition coefficient (Wildman–Crippen LogP) is 7.40. The highest BCUT2D eigenvalue weighted by Crippen LogP contribution is 2.28. The first-order valence-corrected chi connectivity index (χ1v) is 18.6. The van der Waals surface area contributed by atoms with E-state index in [1.165, 1.54) is 30.2 Å². The number of hydrogen-bond acceptors (Lipinski definition) is 5. The number of carbonyl (C=O) groups is 2. The number of benzene rings is 4. The van der Waals surface area contributed by atoms with Gasteiger partial charge in [0.15, 0.2) is 0 Å². The van der Waals surface area contributed by atoms with Gasteiger partial charge in [0.2, 0.25) is 11.8 Å². The molecule has 1 aliphatic carbocycles. The molecule has 1 saturated carbocycles. The Balaban J connectivity index is 1.56. The fourth-order valence-corrected chi connectivity index (χ4v) is 7.77. The van der Waals surface area contributed by atoms with E-state index in [1.807, 2.05) is 54.6 Å². The molecule has 11 heteroatoms. The first kappa shape index (κ1) is 35.4. The lowest BCUT2D eigenvalue weighted by molar-refractivity contribution is -0.140. The molecular formula is C37H39BrClN3O5S. The van der Waals surface area contributed by atoms with Crippen LogP contribution in [0.1, 0.15) is 43.2 Å². The molecule has 48 heavy (non-hydrogen) atoms. The number of sulfonamides is 1. The lowest BCUT2D eigenvalue weighted by atomic mass is 9.94. The van der Waals surface area contributed by atoms with Gasteiger partial charge in [0.05, 0.1) is 17.7 Å². The van der Waals surface area contributed by atoms with Crippen molar-refractivity contribution in [3.8, 4) is 5.75 Å². The molecule has 5 rings (SSSR count). The van der Waals surface area contributed by atoms with E-state index in [4.69, 9.17) is 16.3 Å². The third-order valence-electron chi connectivity index (χ3n) is 8.51. The molecule has 0 heterocycles. The third-order valence-corrected chi connectivity index (χ3v) is 11.1. The molecule has 252 valence electrons. The summed E-state index contributed by atoms with van der Waals surface area (Å²) in [7, 11) is -2.77. The Labute approximate surface area is 296 Å². The van der Waals surface area contributed by atoms with Crippen molar-refractivity contribution >= 4 is 55.1 Å². The molecule has 1 aliphatic rings. The van der Waals surface area contributed by atoms with Crippen molar-refractivity contribution in [2.75, 3.05) is 18.0 Å². The maximum Gasteiger partial charge on any atom is 0.264 e. The van der Waals surface area contributed by atoms with Gasteiger partial charge in [-0.25, -0.2) is 8.42 Å². The second-order valence-corrected chi connectivity index (χ2v) is 15.1. The minimum absolute atomic E-state index is 0.0209. The summed E-state index contributed by atoms with van der Waals surface area (Å²) in [5.41, 5.74) is 1.90. The molecule has 0 aliphatic heterocycles. The number of nitrogens with zero attached hydrogens (tertiary/aromatic N) is 2. The molecule has 0 unspecified atom stereocenters. The van der Waals surface area contributed by atoms with Crippen molar-refractivity contribution in [3.63, 3.8) is 0 Å². The summed E-state index contributed by atoms with van der Waals surface area (Å²) < 4.78 is 35.6. The van der Waals surface area contributed by atoms with Gasteiger partial charge in [-0.05, 0) is 78.6 Å². The van der Waals surface area contributed by atoms with Crippen LogP contribution >= 0.6 is 27.5 Å². The Morgan fingerprint density at radius 3 is 2.23 bits per heavy atom. The van der Waals surface area contributed by atoms with Gasteiger partial charge < -0.3 is 15.0 Å². The number of halogens is 2. The molecule has 4 aromatic rings. The minimum Gasteiger partial charge on any atom is -0.497 e. The van der Waals surface area contributed by atoms with Crippen LogP contribution in [-0.4, -0.2) is 50.9 Å². The summed E-state index contributed by atoms with van der Waals surface area (Å²) in [6.07, 6.45) is 5.22. The number of carbonyl (C=O) groups excluding carboxylic acids is 2. The molecule has 0 saturated heterocycles. The standard InChI is InChI=1S/C37H39BrClN3O5S/c1-47-33-19-21-34(22-20-33)48(45,46)42(32-14-8-11-30(39)24-32)26-36(43)41(25-28-15-17-29(38)18-16-28)35(23-27-9-4-2-5-10-27)37(44)40-31-12-6-3-7-13-31/h2,4-5,8-11,14-22,24,31,35H,3,6-7,12-13,23,25-26H2,1H3,(H,40,44)/t35-/m0/s1. The largest absolute Gasteiger partial charge is 0.497 e. The summed E-state index contributed by atoms with van der Waals surface area (Å²) in [5, 5.41) is 3.54. The number of rotatable bonds is 13. The number of hydrogen-bond donors (Lipinski definition) is 1. The minimum atomic E-state index is -4.27. The van der Waals surface area contributed by atoms with Gasteiger partial charge in [0.1, 0.15) is 18.3 Å². The van der Waals surface area contributed by atoms with Gasteiger partial charge in [0.25, 0.3) is 10.0 Å². The van der Waals surface area contributed by atoms with Gasteiger partial charge in [-0.3, -0.25) is 13.9 Å². The van der Waals surface area contributed by atoms with Crippen molar-refractivity contribution in [2.24, 2.45) is 0 Å². The van der Waals surface area contributed by atoms with Gasteiger partial charge in [-0.2, -0.15) is 0 Å². The third kappa shape index (κ3) is 9.18. The summed E-state index contributed by atoms with van der Waals surface area (Å²) in [5.74, 6) is -0.300. The summed E-state index contributed by atoms with van der Waals surface area (Å²) in [4.78, 5) is 30.4. The lowest BCUT2D eigenvalue weighted by Gasteiger charge is -2.35. The monoisotopic (exact) mass is 751 g/mol. The SMILES string of the molecule is COc1ccc(S(=O)(=O)N(CC(=O)N(Cc2ccc(Br)cc2)[C@@H](Cc2ccccc2)C(=O)NC2CCCCC2)c2cccc(Cl)c2)cc1. The molecule has 0 aromatic heterocycles. The highest BCUT2D eigenvalue weighted by molar-refractivity contribution is 9.10. The first-order valence-electron chi connectivity index (χ1n) is 15.9. The van der Waals surface area contributed by atoms with Crippen LogP contribution in [0, 0.1) is 0 Å². The summed E-state index contributed by atoms with van der Waals surface area (Å²) >= 11 is 9.80. The van der Waals surface area contributed by atoms with Crippen molar-refractivity contribution in [2.45, 2.75) is 62.0 Å². The predicted molar refractivity (Wildman–Crippen MR) is 193 cm³/mol. The van der Waals surface area contributed by atoms with E-state index >= 15 is 0 Å². The van der Waals surface area contributed by atoms with Gasteiger partial charge in [-0.15, -0.1) is 0 Å². The fraction of sp³-hybridized carbons (Fsp3) is 0.297. The number of amides is 2. The number of methoxy groups -OCH3 is 1. The Morgan fingerprint density at radius 2 is 1.58 bits per heavy atom. The van der Waals surface area contributed by atoms with E-state index in [-0.39, 0.29) is 35.5 Å². The van der Waals surface area contributed by atoms with Gasteiger partial charge in [0, 0.05) is 28.5 Å². The lowest BCUT2D eigenvalue weighted by Crippen LogP contribution is -2.55. The smallest absolute Gasteiger partial charge is 0.264 e. The molecule has 1 N–H and O–H groups in total. The van der Waals surface area contributed by atoms with Crippen molar-refractivity contribution in [1.29, 1.82) is 0 Å². The van der Waals surface area contributed by atoms with Crippen molar-refractivity contribution < 1.29 is 22.7 Å².